The van der Waals surface area contributed by atoms with Gasteiger partial charge in [0.2, 0.25) is 0 Å². The van der Waals surface area contributed by atoms with Crippen molar-refractivity contribution in [1.29, 1.82) is 0 Å². The molecule has 0 saturated carbocycles. The largest absolute Gasteiger partial charge is 0.380 e. The van der Waals surface area contributed by atoms with Crippen molar-refractivity contribution >= 4 is 32.1 Å². The van der Waals surface area contributed by atoms with Crippen molar-refractivity contribution in [3.8, 4) is 11.3 Å². The van der Waals surface area contributed by atoms with Gasteiger partial charge in [0.15, 0.2) is 6.20 Å². The van der Waals surface area contributed by atoms with E-state index in [0.29, 0.717) is 0 Å². The van der Waals surface area contributed by atoms with Gasteiger partial charge in [0.25, 0.3) is 0 Å². The van der Waals surface area contributed by atoms with Gasteiger partial charge in [0.1, 0.15) is 5.69 Å². The molecule has 0 amide bonds. The minimum absolute atomic E-state index is 0.585. The van der Waals surface area contributed by atoms with Crippen LogP contribution in [0.25, 0.3) is 11.3 Å². The van der Waals surface area contributed by atoms with Gasteiger partial charge in [0, 0.05) is 11.6 Å². The number of hydrogen-bond donors (Lipinski definition) is 0. The van der Waals surface area contributed by atoms with Crippen LogP contribution in [0.5, 0.6) is 0 Å². The summed E-state index contributed by atoms with van der Waals surface area (Å²) in [6.07, 6.45) is 2.24. The number of nitrogens with zero attached hydrogens (tertiary/aromatic N) is 2. The Hall–Kier alpha value is -2.48. The van der Waals surface area contributed by atoms with Crippen molar-refractivity contribution in [2.24, 2.45) is 7.05 Å². The Labute approximate surface area is 176 Å². The van der Waals surface area contributed by atoms with Gasteiger partial charge in [-0.3, -0.25) is 0 Å². The zero-order valence-electron chi connectivity index (χ0n) is 17.6. The minimum Gasteiger partial charge on any atom is -0.189 e. The maximum absolute atomic E-state index is 2.42. The summed E-state index contributed by atoms with van der Waals surface area (Å²) >= 11 is 0. The highest BCUT2D eigenvalue weighted by Crippen LogP contribution is 2.33. The molecule has 0 spiro atoms. The average Bonchev–Trinajstić information content (AvgIpc) is 3.12. The van der Waals surface area contributed by atoms with E-state index in [1.165, 1.54) is 27.2 Å². The third-order valence-electron chi connectivity index (χ3n) is 5.16. The first kappa shape index (κ1) is 19.8. The van der Waals surface area contributed by atoms with Crippen molar-refractivity contribution in [2.75, 3.05) is 0 Å². The first-order valence-electron chi connectivity index (χ1n) is 10.0. The molecule has 0 unspecified atom stereocenters. The van der Waals surface area contributed by atoms with E-state index in [-0.39, 0.29) is 0 Å². The third kappa shape index (κ3) is 4.12. The third-order valence-corrected chi connectivity index (χ3v) is 9.41. The molecule has 0 fully saturated rings. The predicted octanol–water partition coefficient (Wildman–Crippen LogP) is 4.42. The average molecular weight is 416 g/mol. The van der Waals surface area contributed by atoms with Gasteiger partial charge in [-0.05, 0) is 49.5 Å². The molecular weight excluding hydrogens is 387 g/mol. The molecule has 29 heavy (non-hydrogen) atoms. The molecule has 0 saturated heterocycles. The SMILES string of the molecule is Cn1c(-c2cccc(P(c3ccccc3)c3ccccc3)c2)cc[n+]1[Si](C)(C)C. The highest BCUT2D eigenvalue weighted by atomic mass is 31.1. The van der Waals surface area contributed by atoms with Gasteiger partial charge in [-0.2, -0.15) is 9.03 Å². The van der Waals surface area contributed by atoms with Crippen molar-refractivity contribution in [3.05, 3.63) is 97.2 Å². The molecule has 4 aromatic rings. The molecule has 0 N–H and O–H groups in total. The van der Waals surface area contributed by atoms with Gasteiger partial charge in [-0.15, -0.1) is 0 Å². The zero-order valence-corrected chi connectivity index (χ0v) is 19.5. The van der Waals surface area contributed by atoms with E-state index in [0.717, 1.165) is 0 Å². The van der Waals surface area contributed by atoms with Gasteiger partial charge in [-0.1, -0.05) is 78.9 Å². The summed E-state index contributed by atoms with van der Waals surface area (Å²) < 4.78 is 4.74. The second-order valence-electron chi connectivity index (χ2n) is 8.30. The van der Waals surface area contributed by atoms with Gasteiger partial charge >= 0.3 is 8.24 Å². The van der Waals surface area contributed by atoms with Gasteiger partial charge in [0.05, 0.1) is 7.05 Å². The van der Waals surface area contributed by atoms with E-state index in [1.54, 1.807) is 0 Å². The van der Waals surface area contributed by atoms with E-state index >= 15 is 0 Å². The summed E-state index contributed by atoms with van der Waals surface area (Å²) in [6, 6.07) is 33.2. The monoisotopic (exact) mass is 415 g/mol. The first-order chi connectivity index (χ1) is 13.9. The van der Waals surface area contributed by atoms with Crippen molar-refractivity contribution < 1.29 is 4.35 Å². The summed E-state index contributed by atoms with van der Waals surface area (Å²) in [5.41, 5.74) is 2.55. The first-order valence-corrected chi connectivity index (χ1v) is 14.8. The van der Waals surface area contributed by atoms with E-state index in [4.69, 9.17) is 0 Å². The Bertz CT molecular complexity index is 1060. The second-order valence-corrected chi connectivity index (χ2v) is 15.3. The summed E-state index contributed by atoms with van der Waals surface area (Å²) in [6.45, 7) is 7.12. The van der Waals surface area contributed by atoms with Gasteiger partial charge in [-0.25, -0.2) is 0 Å². The van der Waals surface area contributed by atoms with Crippen molar-refractivity contribution in [1.82, 2.24) is 4.68 Å². The molecule has 1 heterocycles. The maximum Gasteiger partial charge on any atom is 0.380 e. The molecule has 0 aliphatic rings. The molecule has 146 valence electrons. The van der Waals surface area contributed by atoms with Crippen LogP contribution in [0, 0.1) is 0 Å². The van der Waals surface area contributed by atoms with Crippen LogP contribution in [0.2, 0.25) is 19.6 Å². The Kier molecular flexibility index (Phi) is 5.53. The Morgan fingerprint density at radius 1 is 0.690 bits per heavy atom. The fourth-order valence-electron chi connectivity index (χ4n) is 3.83. The van der Waals surface area contributed by atoms with E-state index in [2.05, 4.69) is 133 Å². The molecule has 4 heteroatoms. The highest BCUT2D eigenvalue weighted by molar-refractivity contribution is 7.79. The van der Waals surface area contributed by atoms with Crippen LogP contribution in [0.15, 0.2) is 97.2 Å². The van der Waals surface area contributed by atoms with Crippen molar-refractivity contribution in [2.45, 2.75) is 19.6 Å². The molecule has 0 aliphatic carbocycles. The lowest BCUT2D eigenvalue weighted by Gasteiger charge is -2.20. The normalized spacial score (nSPS) is 11.8. The number of rotatable bonds is 5. The van der Waals surface area contributed by atoms with E-state index < -0.39 is 16.2 Å². The lowest BCUT2D eigenvalue weighted by atomic mass is 10.1. The minimum atomic E-state index is -1.45. The molecule has 2 nitrogen and oxygen atoms in total. The molecule has 0 aliphatic heterocycles. The van der Waals surface area contributed by atoms with E-state index in [9.17, 15) is 0 Å². The van der Waals surface area contributed by atoms with Crippen LogP contribution in [0.3, 0.4) is 0 Å². The summed E-state index contributed by atoms with van der Waals surface area (Å²) in [5, 5.41) is 4.15. The number of aromatic nitrogens is 2. The number of hydrogen-bond acceptors (Lipinski definition) is 0. The van der Waals surface area contributed by atoms with Crippen LogP contribution in [0.1, 0.15) is 0 Å². The standard InChI is InChI=1S/C25H28N2PSi/c1-26-25(18-19-27(26)29(2,3)4)21-12-11-17-24(20-21)28(22-13-7-5-8-14-22)23-15-9-6-10-16-23/h5-20H,1-4H3/q+1. The van der Waals surface area contributed by atoms with E-state index in [1.807, 2.05) is 0 Å². The van der Waals surface area contributed by atoms with Crippen LogP contribution in [0.4, 0.5) is 0 Å². The molecule has 0 bridgehead atoms. The summed E-state index contributed by atoms with van der Waals surface area (Å²) in [4.78, 5) is 0. The second kappa shape index (κ2) is 8.10. The quantitative estimate of drug-likeness (QED) is 0.337. The Morgan fingerprint density at radius 2 is 1.24 bits per heavy atom. The van der Waals surface area contributed by atoms with Crippen molar-refractivity contribution in [3.63, 3.8) is 0 Å². The molecule has 0 radical (unpaired) electrons. The molecule has 0 atom stereocenters. The highest BCUT2D eigenvalue weighted by Gasteiger charge is 2.32. The summed E-state index contributed by atoms with van der Waals surface area (Å²) in [7, 11) is 0.146. The molecule has 1 aromatic heterocycles. The Balaban J connectivity index is 1.82. The fourth-order valence-corrected chi connectivity index (χ4v) is 7.70. The smallest absolute Gasteiger partial charge is 0.189 e. The lowest BCUT2D eigenvalue weighted by molar-refractivity contribution is -0.635. The van der Waals surface area contributed by atoms with Crippen LogP contribution in [-0.4, -0.2) is 12.9 Å². The molecule has 3 aromatic carbocycles. The van der Waals surface area contributed by atoms with Gasteiger partial charge < -0.3 is 0 Å². The van der Waals surface area contributed by atoms with Crippen LogP contribution >= 0.6 is 7.92 Å². The lowest BCUT2D eigenvalue weighted by Crippen LogP contribution is -2.62. The fraction of sp³-hybridized carbons (Fsp3) is 0.160. The van der Waals surface area contributed by atoms with Crippen LogP contribution < -0.4 is 20.3 Å². The van der Waals surface area contributed by atoms with Crippen LogP contribution in [-0.2, 0) is 7.05 Å². The molecular formula is C25H28N2PSi+. The topological polar surface area (TPSA) is 8.81 Å². The predicted molar refractivity (Wildman–Crippen MR) is 128 cm³/mol. The summed E-state index contributed by atoms with van der Waals surface area (Å²) in [5.74, 6) is 0. The maximum atomic E-state index is 2.42. The number of benzene rings is 3. The zero-order chi connectivity index (χ0) is 20.4. The molecule has 4 rings (SSSR count). The Morgan fingerprint density at radius 3 is 1.76 bits per heavy atom.